The fraction of sp³-hybridized carbons (Fsp3) is 0.476. The van der Waals surface area contributed by atoms with Gasteiger partial charge in [-0.25, -0.2) is 9.78 Å². The van der Waals surface area contributed by atoms with Crippen molar-refractivity contribution in [3.05, 3.63) is 35.2 Å². The van der Waals surface area contributed by atoms with Crippen LogP contribution in [0.5, 0.6) is 0 Å². The minimum Gasteiger partial charge on any atom is -0.465 e. The van der Waals surface area contributed by atoms with Crippen LogP contribution in [0.15, 0.2) is 18.2 Å². The number of carboxylic acid groups (broad SMARTS) is 1. The summed E-state index contributed by atoms with van der Waals surface area (Å²) in [5.41, 5.74) is 7.84. The first-order valence-corrected chi connectivity index (χ1v) is 10.4. The van der Waals surface area contributed by atoms with E-state index in [0.29, 0.717) is 17.3 Å². The maximum absolute atomic E-state index is 11.9. The second kappa shape index (κ2) is 9.59. The molecule has 1 saturated carbocycles. The Bertz CT molecular complexity index is 964. The molecule has 166 valence electrons. The number of carbonyl (C=O) groups excluding carboxylic acids is 1. The van der Waals surface area contributed by atoms with Crippen molar-refractivity contribution in [1.82, 2.24) is 20.5 Å². The number of rotatable bonds is 7. The fourth-order valence-electron chi connectivity index (χ4n) is 3.76. The van der Waals surface area contributed by atoms with Gasteiger partial charge in [0.25, 0.3) is 5.91 Å². The van der Waals surface area contributed by atoms with Crippen molar-refractivity contribution in [1.29, 1.82) is 0 Å². The highest BCUT2D eigenvalue weighted by atomic mass is 16.4. The van der Waals surface area contributed by atoms with Gasteiger partial charge < -0.3 is 26.8 Å². The summed E-state index contributed by atoms with van der Waals surface area (Å²) >= 11 is 0. The summed E-state index contributed by atoms with van der Waals surface area (Å²) in [6.07, 6.45) is 2.43. The highest BCUT2D eigenvalue weighted by Crippen LogP contribution is 2.26. The Balaban J connectivity index is 1.87. The molecule has 1 aliphatic carbocycles. The van der Waals surface area contributed by atoms with Gasteiger partial charge in [-0.15, -0.1) is 10.2 Å². The molecule has 1 aliphatic rings. The van der Waals surface area contributed by atoms with Crippen LogP contribution in [0.25, 0.3) is 0 Å². The Morgan fingerprint density at radius 1 is 1.10 bits per heavy atom. The molecular formula is C21H29N7O3. The molecule has 10 heteroatoms. The van der Waals surface area contributed by atoms with Crippen LogP contribution in [0.3, 0.4) is 0 Å². The molecule has 0 saturated heterocycles. The zero-order valence-electron chi connectivity index (χ0n) is 18.0. The van der Waals surface area contributed by atoms with E-state index < -0.39 is 12.0 Å². The monoisotopic (exact) mass is 427 g/mol. The lowest BCUT2D eigenvalue weighted by Crippen LogP contribution is -2.48. The van der Waals surface area contributed by atoms with Gasteiger partial charge in [0.2, 0.25) is 0 Å². The molecule has 1 fully saturated rings. The minimum atomic E-state index is -1.05. The summed E-state index contributed by atoms with van der Waals surface area (Å²) in [5.74, 6) is 0.539. The molecule has 2 heterocycles. The molecule has 2 amide bonds. The first-order valence-electron chi connectivity index (χ1n) is 10.4. The standard InChI is InChI=1S/C21H29N7O3/c1-11(2)15-8-12(3)9-17(24-15)25-16-10-18(27-28-19(16)20(22)29)23-13-6-4-5-7-14(13)26-21(30)31/h8-11,13-14,26H,4-7H2,1-3H3,(H2,22,29)(H,30,31)(H2,23,24,25,27)/t13-,14+/m1/s1. The van der Waals surface area contributed by atoms with Crippen LogP contribution < -0.4 is 21.7 Å². The molecule has 0 bridgehead atoms. The predicted octanol–water partition coefficient (Wildman–Crippen LogP) is 3.14. The molecule has 31 heavy (non-hydrogen) atoms. The predicted molar refractivity (Wildman–Crippen MR) is 118 cm³/mol. The SMILES string of the molecule is Cc1cc(Nc2cc(N[C@@H]3CCCC[C@@H]3NC(=O)O)nnc2C(N)=O)nc(C(C)C)c1. The van der Waals surface area contributed by atoms with Gasteiger partial charge in [-0.1, -0.05) is 26.7 Å². The van der Waals surface area contributed by atoms with Gasteiger partial charge in [-0.2, -0.15) is 0 Å². The summed E-state index contributed by atoms with van der Waals surface area (Å²) in [6, 6.07) is 5.18. The molecule has 3 rings (SSSR count). The highest BCUT2D eigenvalue weighted by molar-refractivity contribution is 5.97. The smallest absolute Gasteiger partial charge is 0.404 e. The number of amides is 2. The summed E-state index contributed by atoms with van der Waals surface area (Å²) in [7, 11) is 0. The van der Waals surface area contributed by atoms with Crippen LogP contribution in [0.4, 0.5) is 22.1 Å². The number of carbonyl (C=O) groups is 2. The van der Waals surface area contributed by atoms with E-state index in [4.69, 9.17) is 10.8 Å². The second-order valence-electron chi connectivity index (χ2n) is 8.18. The molecule has 2 aromatic rings. The molecule has 2 aromatic heterocycles. The van der Waals surface area contributed by atoms with Crippen molar-refractivity contribution in [2.75, 3.05) is 10.6 Å². The molecule has 0 radical (unpaired) electrons. The Hall–Kier alpha value is -3.43. The summed E-state index contributed by atoms with van der Waals surface area (Å²) in [6.45, 7) is 6.09. The van der Waals surface area contributed by atoms with Crippen molar-refractivity contribution in [3.8, 4) is 0 Å². The molecule has 0 unspecified atom stereocenters. The lowest BCUT2D eigenvalue weighted by atomic mass is 9.90. The van der Waals surface area contributed by atoms with Gasteiger partial charge in [-0.3, -0.25) is 4.79 Å². The molecular weight excluding hydrogens is 398 g/mol. The van der Waals surface area contributed by atoms with E-state index in [1.54, 1.807) is 6.07 Å². The summed E-state index contributed by atoms with van der Waals surface area (Å²) in [4.78, 5) is 27.6. The van der Waals surface area contributed by atoms with Crippen LogP contribution in [0.2, 0.25) is 0 Å². The molecule has 2 atom stereocenters. The largest absolute Gasteiger partial charge is 0.465 e. The summed E-state index contributed by atoms with van der Waals surface area (Å²) < 4.78 is 0. The Morgan fingerprint density at radius 2 is 1.81 bits per heavy atom. The number of hydrogen-bond donors (Lipinski definition) is 5. The topological polar surface area (TPSA) is 155 Å². The van der Waals surface area contributed by atoms with Crippen molar-refractivity contribution in [3.63, 3.8) is 0 Å². The van der Waals surface area contributed by atoms with Gasteiger partial charge in [0, 0.05) is 17.8 Å². The number of primary amides is 1. The summed E-state index contributed by atoms with van der Waals surface area (Å²) in [5, 5.41) is 26.1. The first-order chi connectivity index (χ1) is 14.7. The zero-order valence-corrected chi connectivity index (χ0v) is 18.0. The van der Waals surface area contributed by atoms with Crippen LogP contribution in [0.1, 0.15) is 67.2 Å². The lowest BCUT2D eigenvalue weighted by molar-refractivity contribution is 0.0995. The average Bonchev–Trinajstić information content (AvgIpc) is 2.68. The maximum Gasteiger partial charge on any atom is 0.404 e. The van der Waals surface area contributed by atoms with E-state index in [-0.39, 0.29) is 23.7 Å². The van der Waals surface area contributed by atoms with Gasteiger partial charge >= 0.3 is 6.09 Å². The molecule has 6 N–H and O–H groups in total. The third kappa shape index (κ3) is 5.80. The van der Waals surface area contributed by atoms with E-state index in [1.807, 2.05) is 19.1 Å². The highest BCUT2D eigenvalue weighted by Gasteiger charge is 2.27. The minimum absolute atomic E-state index is 0.00353. The van der Waals surface area contributed by atoms with E-state index in [9.17, 15) is 9.59 Å². The Morgan fingerprint density at radius 3 is 2.45 bits per heavy atom. The van der Waals surface area contributed by atoms with Crippen LogP contribution >= 0.6 is 0 Å². The third-order valence-electron chi connectivity index (χ3n) is 5.28. The number of nitrogens with one attached hydrogen (secondary N) is 3. The normalized spacial score (nSPS) is 18.5. The fourth-order valence-corrected chi connectivity index (χ4v) is 3.76. The number of aromatic nitrogens is 3. The Kier molecular flexibility index (Phi) is 6.88. The third-order valence-corrected chi connectivity index (χ3v) is 5.28. The lowest BCUT2D eigenvalue weighted by Gasteiger charge is -2.32. The molecule has 0 aromatic carbocycles. The van der Waals surface area contributed by atoms with Crippen LogP contribution in [-0.2, 0) is 0 Å². The number of nitrogens with zero attached hydrogens (tertiary/aromatic N) is 3. The van der Waals surface area contributed by atoms with Crippen molar-refractivity contribution in [2.45, 2.75) is 64.5 Å². The number of aryl methyl sites for hydroxylation is 1. The zero-order chi connectivity index (χ0) is 22.5. The molecule has 0 spiro atoms. The van der Waals surface area contributed by atoms with E-state index in [0.717, 1.165) is 36.9 Å². The van der Waals surface area contributed by atoms with Gasteiger partial charge in [0.05, 0.1) is 11.7 Å². The number of hydrogen-bond acceptors (Lipinski definition) is 7. The number of pyridine rings is 1. The number of nitrogens with two attached hydrogens (primary N) is 1. The van der Waals surface area contributed by atoms with E-state index >= 15 is 0 Å². The van der Waals surface area contributed by atoms with E-state index in [2.05, 4.69) is 45.0 Å². The van der Waals surface area contributed by atoms with E-state index in [1.165, 1.54) is 0 Å². The van der Waals surface area contributed by atoms with Gasteiger partial charge in [-0.05, 0) is 43.4 Å². The Labute approximate surface area is 181 Å². The van der Waals surface area contributed by atoms with Crippen molar-refractivity contribution in [2.24, 2.45) is 5.73 Å². The molecule has 0 aliphatic heterocycles. The second-order valence-corrected chi connectivity index (χ2v) is 8.18. The maximum atomic E-state index is 11.9. The first kappa shape index (κ1) is 22.3. The van der Waals surface area contributed by atoms with Crippen molar-refractivity contribution < 1.29 is 14.7 Å². The van der Waals surface area contributed by atoms with Crippen molar-refractivity contribution >= 4 is 29.3 Å². The molecule has 10 nitrogen and oxygen atoms in total. The van der Waals surface area contributed by atoms with Crippen LogP contribution in [-0.4, -0.2) is 44.4 Å². The van der Waals surface area contributed by atoms with Gasteiger partial charge in [0.15, 0.2) is 11.5 Å². The van der Waals surface area contributed by atoms with Crippen LogP contribution in [0, 0.1) is 6.92 Å². The average molecular weight is 428 g/mol. The number of anilines is 3. The van der Waals surface area contributed by atoms with Gasteiger partial charge in [0.1, 0.15) is 5.82 Å². The quantitative estimate of drug-likeness (QED) is 0.451.